The van der Waals surface area contributed by atoms with E-state index in [2.05, 4.69) is 37.5 Å². The lowest BCUT2D eigenvalue weighted by Crippen LogP contribution is -2.46. The molecule has 1 amide bonds. The van der Waals surface area contributed by atoms with Crippen LogP contribution >= 0.6 is 0 Å². The zero-order valence-electron chi connectivity index (χ0n) is 13.8. The molecule has 8 heteroatoms. The Kier molecular flexibility index (Phi) is 5.25. The number of nitrogens with zero attached hydrogens (tertiary/aromatic N) is 4. The summed E-state index contributed by atoms with van der Waals surface area (Å²) in [4.78, 5) is 28.1. The molecule has 4 N–H and O–H groups in total. The van der Waals surface area contributed by atoms with Gasteiger partial charge >= 0.3 is 0 Å². The quantitative estimate of drug-likeness (QED) is 0.708. The number of nitrogens with one attached hydrogen (secondary N) is 2. The van der Waals surface area contributed by atoms with Crippen molar-refractivity contribution in [3.05, 3.63) is 12.4 Å². The Morgan fingerprint density at radius 1 is 1.30 bits per heavy atom. The molecular weight excluding hydrogens is 294 g/mol. The van der Waals surface area contributed by atoms with Gasteiger partial charge in [-0.3, -0.25) is 4.79 Å². The second-order valence-corrected chi connectivity index (χ2v) is 5.86. The summed E-state index contributed by atoms with van der Waals surface area (Å²) < 4.78 is 0. The van der Waals surface area contributed by atoms with Crippen LogP contribution in [0.25, 0.3) is 11.2 Å². The van der Waals surface area contributed by atoms with Gasteiger partial charge in [-0.1, -0.05) is 19.8 Å². The van der Waals surface area contributed by atoms with Crippen molar-refractivity contribution >= 4 is 28.8 Å². The summed E-state index contributed by atoms with van der Waals surface area (Å²) in [6.07, 6.45) is 6.10. The van der Waals surface area contributed by atoms with Crippen LogP contribution in [0.2, 0.25) is 0 Å². The zero-order valence-corrected chi connectivity index (χ0v) is 13.8. The number of carbonyl (C=O) groups is 1. The predicted octanol–water partition coefficient (Wildman–Crippen LogP) is 1.50. The van der Waals surface area contributed by atoms with E-state index in [1.54, 1.807) is 12.4 Å². The number of nitrogen functional groups attached to an aromatic ring is 1. The summed E-state index contributed by atoms with van der Waals surface area (Å²) >= 11 is 0. The first-order chi connectivity index (χ1) is 10.9. The van der Waals surface area contributed by atoms with Crippen LogP contribution in [-0.2, 0) is 4.79 Å². The monoisotopic (exact) mass is 317 g/mol. The zero-order chi connectivity index (χ0) is 16.9. The number of amides is 1. The molecule has 0 bridgehead atoms. The van der Waals surface area contributed by atoms with Crippen molar-refractivity contribution in [1.82, 2.24) is 25.3 Å². The third-order valence-corrected chi connectivity index (χ3v) is 3.58. The van der Waals surface area contributed by atoms with Crippen molar-refractivity contribution in [3.63, 3.8) is 0 Å². The highest BCUT2D eigenvalue weighted by atomic mass is 16.1. The molecule has 2 heterocycles. The number of anilines is 2. The van der Waals surface area contributed by atoms with E-state index in [-0.39, 0.29) is 17.4 Å². The number of carbonyl (C=O) groups excluding carboxylic acids is 1. The molecular formula is C15H23N7O. The molecule has 2 aromatic rings. The van der Waals surface area contributed by atoms with Gasteiger partial charge < -0.3 is 16.4 Å². The summed E-state index contributed by atoms with van der Waals surface area (Å²) in [5.74, 6) is 0.601. The second kappa shape index (κ2) is 7.17. The third kappa shape index (κ3) is 4.48. The molecule has 23 heavy (non-hydrogen) atoms. The highest BCUT2D eigenvalue weighted by Crippen LogP contribution is 2.24. The van der Waals surface area contributed by atoms with Gasteiger partial charge in [0.25, 0.3) is 0 Å². The molecule has 0 fully saturated rings. The van der Waals surface area contributed by atoms with Crippen LogP contribution < -0.4 is 16.4 Å². The molecule has 0 saturated heterocycles. The van der Waals surface area contributed by atoms with Gasteiger partial charge in [-0.25, -0.2) is 9.97 Å². The minimum Gasteiger partial charge on any atom is -0.368 e. The van der Waals surface area contributed by atoms with Gasteiger partial charge in [-0.2, -0.15) is 9.97 Å². The van der Waals surface area contributed by atoms with Crippen LogP contribution in [0.15, 0.2) is 12.4 Å². The lowest BCUT2D eigenvalue weighted by molar-refractivity contribution is -0.119. The standard InChI is InChI=1S/C15H23N7O/c1-4-5-6-15(3,9-19-10(2)23)22-13-11-12(18-8-7-17-11)20-14(16)21-13/h7-8H,4-6,9H2,1-3H3,(H,19,23)(H3,16,18,20,21,22)/t15-/m1/s1. The highest BCUT2D eigenvalue weighted by Gasteiger charge is 2.26. The number of unbranched alkanes of at least 4 members (excludes halogenated alkanes) is 1. The number of fused-ring (bicyclic) bond motifs is 1. The summed E-state index contributed by atoms with van der Waals surface area (Å²) in [5.41, 5.74) is 6.40. The fraction of sp³-hybridized carbons (Fsp3) is 0.533. The first-order valence-electron chi connectivity index (χ1n) is 7.70. The molecule has 0 saturated carbocycles. The third-order valence-electron chi connectivity index (χ3n) is 3.58. The van der Waals surface area contributed by atoms with Crippen LogP contribution in [0.3, 0.4) is 0 Å². The topological polar surface area (TPSA) is 119 Å². The van der Waals surface area contributed by atoms with Crippen LogP contribution in [0.1, 0.15) is 40.0 Å². The van der Waals surface area contributed by atoms with Crippen molar-refractivity contribution < 1.29 is 4.79 Å². The molecule has 0 aromatic carbocycles. The molecule has 124 valence electrons. The normalized spacial score (nSPS) is 13.5. The van der Waals surface area contributed by atoms with E-state index in [4.69, 9.17) is 5.73 Å². The minimum atomic E-state index is -0.368. The van der Waals surface area contributed by atoms with Crippen molar-refractivity contribution in [1.29, 1.82) is 0 Å². The summed E-state index contributed by atoms with van der Waals surface area (Å²) in [5, 5.41) is 6.25. The Labute approximate surface area is 135 Å². The van der Waals surface area contributed by atoms with Crippen molar-refractivity contribution in [3.8, 4) is 0 Å². The molecule has 0 aliphatic rings. The fourth-order valence-corrected chi connectivity index (χ4v) is 2.34. The van der Waals surface area contributed by atoms with E-state index in [9.17, 15) is 4.79 Å². The molecule has 8 nitrogen and oxygen atoms in total. The van der Waals surface area contributed by atoms with E-state index in [1.165, 1.54) is 6.92 Å². The van der Waals surface area contributed by atoms with Gasteiger partial charge in [-0.05, 0) is 13.3 Å². The lowest BCUT2D eigenvalue weighted by atomic mass is 9.94. The highest BCUT2D eigenvalue weighted by molar-refractivity contribution is 5.83. The molecule has 0 radical (unpaired) electrons. The number of rotatable bonds is 7. The SMILES string of the molecule is CCCC[C@](C)(CNC(C)=O)Nc1nc(N)nc2nccnc12. The first kappa shape index (κ1) is 16.9. The molecule has 0 aliphatic heterocycles. The number of hydrogen-bond acceptors (Lipinski definition) is 7. The number of aromatic nitrogens is 4. The van der Waals surface area contributed by atoms with Gasteiger partial charge in [0, 0.05) is 25.9 Å². The molecule has 2 aromatic heterocycles. The van der Waals surface area contributed by atoms with Crippen LogP contribution in [0.4, 0.5) is 11.8 Å². The summed E-state index contributed by atoms with van der Waals surface area (Å²) in [6, 6.07) is 0. The van der Waals surface area contributed by atoms with Crippen molar-refractivity contribution in [2.24, 2.45) is 0 Å². The average molecular weight is 317 g/mol. The van der Waals surface area contributed by atoms with Gasteiger partial charge in [0.15, 0.2) is 17.0 Å². The van der Waals surface area contributed by atoms with Crippen LogP contribution in [-0.4, -0.2) is 37.9 Å². The van der Waals surface area contributed by atoms with E-state index in [0.717, 1.165) is 19.3 Å². The minimum absolute atomic E-state index is 0.0682. The Morgan fingerprint density at radius 2 is 2.04 bits per heavy atom. The predicted molar refractivity (Wildman–Crippen MR) is 89.8 cm³/mol. The van der Waals surface area contributed by atoms with Crippen molar-refractivity contribution in [2.45, 2.75) is 45.6 Å². The molecule has 2 rings (SSSR count). The Bertz CT molecular complexity index is 691. The molecule has 0 spiro atoms. The lowest BCUT2D eigenvalue weighted by Gasteiger charge is -2.32. The Balaban J connectivity index is 2.33. The van der Waals surface area contributed by atoms with Crippen LogP contribution in [0.5, 0.6) is 0 Å². The van der Waals surface area contributed by atoms with Crippen molar-refractivity contribution in [2.75, 3.05) is 17.6 Å². The summed E-state index contributed by atoms with van der Waals surface area (Å²) in [6.45, 7) is 6.15. The average Bonchev–Trinajstić information content (AvgIpc) is 2.51. The number of hydrogen-bond donors (Lipinski definition) is 3. The van der Waals surface area contributed by atoms with Gasteiger partial charge in [-0.15, -0.1) is 0 Å². The fourth-order valence-electron chi connectivity index (χ4n) is 2.34. The second-order valence-electron chi connectivity index (χ2n) is 5.86. The van der Waals surface area contributed by atoms with Crippen LogP contribution in [0, 0.1) is 0 Å². The molecule has 0 aliphatic carbocycles. The maximum atomic E-state index is 11.3. The first-order valence-corrected chi connectivity index (χ1v) is 7.70. The smallest absolute Gasteiger partial charge is 0.224 e. The maximum Gasteiger partial charge on any atom is 0.224 e. The summed E-state index contributed by atoms with van der Waals surface area (Å²) in [7, 11) is 0. The van der Waals surface area contributed by atoms with E-state index in [1.807, 2.05) is 6.92 Å². The van der Waals surface area contributed by atoms with Gasteiger partial charge in [0.1, 0.15) is 0 Å². The van der Waals surface area contributed by atoms with Gasteiger partial charge in [0.2, 0.25) is 11.9 Å². The Hall–Kier alpha value is -2.51. The maximum absolute atomic E-state index is 11.3. The molecule has 1 atom stereocenters. The van der Waals surface area contributed by atoms with Gasteiger partial charge in [0.05, 0.1) is 5.54 Å². The van der Waals surface area contributed by atoms with E-state index >= 15 is 0 Å². The Morgan fingerprint density at radius 3 is 2.74 bits per heavy atom. The van der Waals surface area contributed by atoms with E-state index in [0.29, 0.717) is 23.5 Å². The van der Waals surface area contributed by atoms with E-state index < -0.39 is 0 Å². The molecule has 0 unspecified atom stereocenters. The number of nitrogens with two attached hydrogens (primary N) is 1. The largest absolute Gasteiger partial charge is 0.368 e.